The smallest absolute Gasteiger partial charge is 0.343 e. The predicted octanol–water partition coefficient (Wildman–Crippen LogP) is 3.65. The summed E-state index contributed by atoms with van der Waals surface area (Å²) in [5, 5.41) is 2.73. The van der Waals surface area contributed by atoms with Crippen LogP contribution in [0.2, 0.25) is 0 Å². The van der Waals surface area contributed by atoms with Gasteiger partial charge in [0.25, 0.3) is 0 Å². The number of ether oxygens (including phenoxy) is 2. The average Bonchev–Trinajstić information content (AvgIpc) is 2.57. The van der Waals surface area contributed by atoms with Crippen molar-refractivity contribution in [1.29, 1.82) is 0 Å². The molecule has 23 heavy (non-hydrogen) atoms. The van der Waals surface area contributed by atoms with Gasteiger partial charge >= 0.3 is 5.97 Å². The Morgan fingerprint density at radius 2 is 1.74 bits per heavy atom. The molecule has 0 aliphatic carbocycles. The van der Waals surface area contributed by atoms with Crippen LogP contribution in [0.4, 0.5) is 5.69 Å². The van der Waals surface area contributed by atoms with Gasteiger partial charge in [-0.05, 0) is 49.4 Å². The van der Waals surface area contributed by atoms with Gasteiger partial charge < -0.3 is 14.8 Å². The van der Waals surface area contributed by atoms with Gasteiger partial charge in [0.05, 0.1) is 12.2 Å². The minimum atomic E-state index is -0.461. The summed E-state index contributed by atoms with van der Waals surface area (Å²) < 4.78 is 10.7. The predicted molar refractivity (Wildman–Crippen MR) is 87.9 cm³/mol. The van der Waals surface area contributed by atoms with Crippen LogP contribution in [0, 0.1) is 0 Å². The lowest BCUT2D eigenvalue weighted by atomic mass is 10.2. The van der Waals surface area contributed by atoms with Gasteiger partial charge in [-0.15, -0.1) is 0 Å². The van der Waals surface area contributed by atoms with Crippen LogP contribution in [0.1, 0.15) is 30.6 Å². The molecule has 5 nitrogen and oxygen atoms in total. The van der Waals surface area contributed by atoms with E-state index >= 15 is 0 Å². The van der Waals surface area contributed by atoms with Crippen molar-refractivity contribution >= 4 is 17.6 Å². The van der Waals surface area contributed by atoms with Crippen LogP contribution in [0.3, 0.4) is 0 Å². The van der Waals surface area contributed by atoms with Crippen LogP contribution in [0.15, 0.2) is 48.5 Å². The molecule has 0 aliphatic rings. The first-order chi connectivity index (χ1) is 11.1. The number of hydrogen-bond acceptors (Lipinski definition) is 4. The minimum Gasteiger partial charge on any atom is -0.494 e. The molecule has 0 bridgehead atoms. The summed E-state index contributed by atoms with van der Waals surface area (Å²) in [5.41, 5.74) is 1.08. The lowest BCUT2D eigenvalue weighted by Gasteiger charge is -2.08. The topological polar surface area (TPSA) is 64.6 Å². The molecule has 0 fully saturated rings. The lowest BCUT2D eigenvalue weighted by molar-refractivity contribution is -0.115. The molecule has 1 N–H and O–H groups in total. The van der Waals surface area contributed by atoms with Crippen molar-refractivity contribution in [3.8, 4) is 11.5 Å². The maximum absolute atomic E-state index is 12.1. The molecule has 0 saturated heterocycles. The summed E-state index contributed by atoms with van der Waals surface area (Å²) in [4.78, 5) is 23.4. The summed E-state index contributed by atoms with van der Waals surface area (Å²) >= 11 is 0. The fraction of sp³-hybridized carbons (Fsp3) is 0.222. The molecule has 0 saturated carbocycles. The fourth-order valence-corrected chi connectivity index (χ4v) is 1.90. The van der Waals surface area contributed by atoms with Crippen LogP contribution >= 0.6 is 0 Å². The minimum absolute atomic E-state index is 0.0671. The fourth-order valence-electron chi connectivity index (χ4n) is 1.90. The van der Waals surface area contributed by atoms with Gasteiger partial charge in [0.1, 0.15) is 11.5 Å². The Bertz CT molecular complexity index is 680. The second-order valence-corrected chi connectivity index (χ2v) is 4.78. The maximum Gasteiger partial charge on any atom is 0.343 e. The van der Waals surface area contributed by atoms with Gasteiger partial charge in [-0.3, -0.25) is 4.79 Å². The Morgan fingerprint density at radius 1 is 1.00 bits per heavy atom. The van der Waals surface area contributed by atoms with Gasteiger partial charge in [-0.1, -0.05) is 13.0 Å². The maximum atomic E-state index is 12.1. The molecule has 1 amide bonds. The second kappa shape index (κ2) is 7.98. The first kappa shape index (κ1) is 16.5. The van der Waals surface area contributed by atoms with E-state index in [-0.39, 0.29) is 5.91 Å². The highest BCUT2D eigenvalue weighted by Crippen LogP contribution is 2.19. The summed E-state index contributed by atoms with van der Waals surface area (Å²) in [7, 11) is 0. The van der Waals surface area contributed by atoms with E-state index in [0.29, 0.717) is 35.8 Å². The highest BCUT2D eigenvalue weighted by Gasteiger charge is 2.10. The van der Waals surface area contributed by atoms with Crippen LogP contribution < -0.4 is 14.8 Å². The molecular formula is C18H19NO4. The monoisotopic (exact) mass is 313 g/mol. The van der Waals surface area contributed by atoms with Crippen molar-refractivity contribution in [3.05, 3.63) is 54.1 Å². The zero-order valence-corrected chi connectivity index (χ0v) is 13.2. The summed E-state index contributed by atoms with van der Waals surface area (Å²) in [6.07, 6.45) is 0.410. The molecule has 2 aromatic rings. The molecular weight excluding hydrogens is 294 g/mol. The Kier molecular flexibility index (Phi) is 5.74. The van der Waals surface area contributed by atoms with Crippen molar-refractivity contribution in [2.75, 3.05) is 11.9 Å². The number of rotatable bonds is 6. The zero-order chi connectivity index (χ0) is 16.7. The van der Waals surface area contributed by atoms with Crippen LogP contribution in [0.25, 0.3) is 0 Å². The van der Waals surface area contributed by atoms with Crippen molar-refractivity contribution < 1.29 is 19.1 Å². The van der Waals surface area contributed by atoms with Gasteiger partial charge in [0.2, 0.25) is 5.91 Å². The molecule has 0 aromatic heterocycles. The quantitative estimate of drug-likeness (QED) is 0.653. The van der Waals surface area contributed by atoms with Crippen LogP contribution in [-0.4, -0.2) is 18.5 Å². The van der Waals surface area contributed by atoms with Gasteiger partial charge in [0.15, 0.2) is 0 Å². The van der Waals surface area contributed by atoms with Gasteiger partial charge in [-0.25, -0.2) is 4.79 Å². The van der Waals surface area contributed by atoms with E-state index in [9.17, 15) is 9.59 Å². The Hall–Kier alpha value is -2.82. The number of carbonyl (C=O) groups excluding carboxylic acids is 2. The molecule has 5 heteroatoms. The highest BCUT2D eigenvalue weighted by atomic mass is 16.5. The third kappa shape index (κ3) is 4.85. The number of anilines is 1. The van der Waals surface area contributed by atoms with E-state index in [2.05, 4.69) is 5.32 Å². The lowest BCUT2D eigenvalue weighted by Crippen LogP contribution is -2.10. The molecule has 0 heterocycles. The van der Waals surface area contributed by atoms with Crippen LogP contribution in [-0.2, 0) is 4.79 Å². The van der Waals surface area contributed by atoms with Crippen molar-refractivity contribution in [2.24, 2.45) is 0 Å². The Labute approximate surface area is 135 Å². The average molecular weight is 313 g/mol. The number of hydrogen-bond donors (Lipinski definition) is 1. The third-order valence-electron chi connectivity index (χ3n) is 3.05. The summed E-state index contributed by atoms with van der Waals surface area (Å²) in [5.74, 6) is 0.505. The molecule has 0 aliphatic heterocycles. The van der Waals surface area contributed by atoms with E-state index in [1.54, 1.807) is 55.5 Å². The van der Waals surface area contributed by atoms with E-state index < -0.39 is 5.97 Å². The number of carbonyl (C=O) groups is 2. The largest absolute Gasteiger partial charge is 0.494 e. The first-order valence-electron chi connectivity index (χ1n) is 7.47. The molecule has 0 spiro atoms. The van der Waals surface area contributed by atoms with E-state index in [1.165, 1.54) is 0 Å². The molecule has 2 aromatic carbocycles. The van der Waals surface area contributed by atoms with Crippen molar-refractivity contribution in [3.63, 3.8) is 0 Å². The number of benzene rings is 2. The third-order valence-corrected chi connectivity index (χ3v) is 3.05. The molecule has 2 rings (SSSR count). The van der Waals surface area contributed by atoms with Crippen LogP contribution in [0.5, 0.6) is 11.5 Å². The number of esters is 1. The summed E-state index contributed by atoms with van der Waals surface area (Å²) in [6.45, 7) is 4.19. The van der Waals surface area contributed by atoms with E-state index in [1.807, 2.05) is 6.92 Å². The van der Waals surface area contributed by atoms with Crippen molar-refractivity contribution in [1.82, 2.24) is 0 Å². The molecule has 0 unspecified atom stereocenters. The normalized spacial score (nSPS) is 10.0. The summed E-state index contributed by atoms with van der Waals surface area (Å²) in [6, 6.07) is 13.5. The SMILES string of the molecule is CCOc1cccc(C(=O)Oc2ccc(NC(=O)CC)cc2)c1. The van der Waals surface area contributed by atoms with Crippen molar-refractivity contribution in [2.45, 2.75) is 20.3 Å². The molecule has 0 radical (unpaired) electrons. The zero-order valence-electron chi connectivity index (χ0n) is 13.2. The number of amides is 1. The standard InChI is InChI=1S/C18H19NO4/c1-3-17(20)19-14-8-10-15(11-9-14)23-18(21)13-6-5-7-16(12-13)22-4-2/h5-12H,3-4H2,1-2H3,(H,19,20). The molecule has 0 atom stereocenters. The molecule has 120 valence electrons. The number of nitrogens with one attached hydrogen (secondary N) is 1. The highest BCUT2D eigenvalue weighted by molar-refractivity contribution is 5.92. The first-order valence-corrected chi connectivity index (χ1v) is 7.47. The second-order valence-electron chi connectivity index (χ2n) is 4.78. The van der Waals surface area contributed by atoms with E-state index in [4.69, 9.17) is 9.47 Å². The van der Waals surface area contributed by atoms with Gasteiger partial charge in [-0.2, -0.15) is 0 Å². The van der Waals surface area contributed by atoms with E-state index in [0.717, 1.165) is 0 Å². The van der Waals surface area contributed by atoms with Gasteiger partial charge in [0, 0.05) is 12.1 Å². The Morgan fingerprint density at radius 3 is 2.39 bits per heavy atom. The Balaban J connectivity index is 2.02.